The minimum Gasteiger partial charge on any atom is -0.494 e. The molecule has 0 bridgehead atoms. The fourth-order valence-electron chi connectivity index (χ4n) is 3.22. The van der Waals surface area contributed by atoms with Gasteiger partial charge in [-0.25, -0.2) is 22.9 Å². The summed E-state index contributed by atoms with van der Waals surface area (Å²) in [5.74, 6) is -0.345. The number of fused-ring (bicyclic) bond motifs is 1. The fourth-order valence-corrected chi connectivity index (χ4v) is 4.74. The van der Waals surface area contributed by atoms with Crippen LogP contribution in [0.2, 0.25) is 0 Å². The Morgan fingerprint density at radius 2 is 2.03 bits per heavy atom. The molecule has 1 heterocycles. The van der Waals surface area contributed by atoms with E-state index in [1.165, 1.54) is 48.0 Å². The lowest BCUT2D eigenvalue weighted by atomic mass is 10.2. The van der Waals surface area contributed by atoms with Crippen molar-refractivity contribution < 1.29 is 22.3 Å². The molecule has 11 heteroatoms. The van der Waals surface area contributed by atoms with E-state index >= 15 is 0 Å². The normalized spacial score (nSPS) is 11.7. The van der Waals surface area contributed by atoms with Crippen molar-refractivity contribution in [2.75, 3.05) is 19.9 Å². The van der Waals surface area contributed by atoms with Crippen molar-refractivity contribution in [3.05, 3.63) is 47.8 Å². The number of thioether (sulfide) groups is 1. The summed E-state index contributed by atoms with van der Waals surface area (Å²) in [5, 5.41) is 5.84. The Morgan fingerprint density at radius 1 is 1.28 bits per heavy atom. The third-order valence-corrected chi connectivity index (χ3v) is 6.72. The van der Waals surface area contributed by atoms with Crippen LogP contribution in [0.15, 0.2) is 46.5 Å². The molecular weight excluding hydrogens is 455 g/mol. The number of nitrogens with zero attached hydrogens (tertiary/aromatic N) is 3. The van der Waals surface area contributed by atoms with Gasteiger partial charge in [-0.3, -0.25) is 4.79 Å². The summed E-state index contributed by atoms with van der Waals surface area (Å²) >= 11 is 1.27. The Hall–Kier alpha value is -2.63. The standard InChI is InChI=1S/C21H25FN4O4S2/c1-4-9-26-18-7-6-15(32(23,28)29)11-17(18)24-21(26)31-13-20(27)25(2)12-14-5-8-19(30-3)16(22)10-14/h5-8,10-11H,4,9,12-13H2,1-3H3,(H2,23,28,29). The van der Waals surface area contributed by atoms with Gasteiger partial charge in [0, 0.05) is 20.1 Å². The molecule has 0 saturated carbocycles. The van der Waals surface area contributed by atoms with E-state index in [1.807, 2.05) is 11.5 Å². The number of imidazole rings is 1. The predicted molar refractivity (Wildman–Crippen MR) is 122 cm³/mol. The molecule has 1 aromatic heterocycles. The number of carbonyl (C=O) groups is 1. The van der Waals surface area contributed by atoms with Gasteiger partial charge in [0.2, 0.25) is 15.9 Å². The highest BCUT2D eigenvalue weighted by Gasteiger charge is 2.17. The van der Waals surface area contributed by atoms with Crippen LogP contribution in [0, 0.1) is 5.82 Å². The number of nitrogens with two attached hydrogens (primary N) is 1. The predicted octanol–water partition coefficient (Wildman–Crippen LogP) is 2.99. The maximum absolute atomic E-state index is 13.9. The molecule has 0 radical (unpaired) electrons. The topological polar surface area (TPSA) is 108 Å². The summed E-state index contributed by atoms with van der Waals surface area (Å²) in [4.78, 5) is 18.7. The summed E-state index contributed by atoms with van der Waals surface area (Å²) in [6.07, 6.45) is 0.840. The number of carbonyl (C=O) groups excluding carboxylic acids is 1. The van der Waals surface area contributed by atoms with Crippen LogP contribution in [-0.2, 0) is 27.9 Å². The Morgan fingerprint density at radius 3 is 2.66 bits per heavy atom. The summed E-state index contributed by atoms with van der Waals surface area (Å²) in [7, 11) is -0.789. The Bertz CT molecular complexity index is 1240. The number of aromatic nitrogens is 2. The first kappa shape index (κ1) is 24.0. The second-order valence-electron chi connectivity index (χ2n) is 7.25. The van der Waals surface area contributed by atoms with Gasteiger partial charge in [0.25, 0.3) is 0 Å². The van der Waals surface area contributed by atoms with Gasteiger partial charge in [0.1, 0.15) is 0 Å². The van der Waals surface area contributed by atoms with Crippen LogP contribution >= 0.6 is 11.8 Å². The molecule has 1 amide bonds. The van der Waals surface area contributed by atoms with E-state index in [2.05, 4.69) is 4.98 Å². The van der Waals surface area contributed by atoms with Crippen LogP contribution in [0.25, 0.3) is 11.0 Å². The van der Waals surface area contributed by atoms with Crippen LogP contribution in [0.1, 0.15) is 18.9 Å². The average molecular weight is 481 g/mol. The van der Waals surface area contributed by atoms with Gasteiger partial charge in [-0.1, -0.05) is 24.8 Å². The third kappa shape index (κ3) is 5.40. The quantitative estimate of drug-likeness (QED) is 0.472. The number of methoxy groups -OCH3 is 1. The second-order valence-corrected chi connectivity index (χ2v) is 9.75. The van der Waals surface area contributed by atoms with Gasteiger partial charge in [-0.15, -0.1) is 0 Å². The molecule has 0 unspecified atom stereocenters. The second kappa shape index (κ2) is 9.88. The highest BCUT2D eigenvalue weighted by molar-refractivity contribution is 7.99. The van der Waals surface area contributed by atoms with Gasteiger partial charge in [-0.2, -0.15) is 0 Å². The minimum atomic E-state index is -3.84. The van der Waals surface area contributed by atoms with E-state index < -0.39 is 15.8 Å². The van der Waals surface area contributed by atoms with Gasteiger partial charge in [-0.05, 0) is 42.3 Å². The summed E-state index contributed by atoms with van der Waals surface area (Å²) in [6, 6.07) is 9.15. The third-order valence-electron chi connectivity index (χ3n) is 4.85. The fraction of sp³-hybridized carbons (Fsp3) is 0.333. The Balaban J connectivity index is 1.74. The number of rotatable bonds is 9. The number of hydrogen-bond acceptors (Lipinski definition) is 6. The zero-order valence-electron chi connectivity index (χ0n) is 18.0. The Labute approximate surface area is 190 Å². The van der Waals surface area contributed by atoms with Crippen LogP contribution in [0.3, 0.4) is 0 Å². The first-order valence-corrected chi connectivity index (χ1v) is 12.4. The molecule has 0 aliphatic rings. The number of benzene rings is 2. The number of sulfonamides is 1. The molecule has 3 rings (SSSR count). The molecule has 2 N–H and O–H groups in total. The Kier molecular flexibility index (Phi) is 7.42. The number of primary sulfonamides is 1. The van der Waals surface area contributed by atoms with E-state index in [9.17, 15) is 17.6 Å². The highest BCUT2D eigenvalue weighted by atomic mass is 32.2. The van der Waals surface area contributed by atoms with Gasteiger partial charge < -0.3 is 14.2 Å². The molecule has 0 atom stereocenters. The molecule has 0 fully saturated rings. The van der Waals surface area contributed by atoms with E-state index in [1.54, 1.807) is 19.2 Å². The molecular formula is C21H25FN4O4S2. The molecule has 32 heavy (non-hydrogen) atoms. The maximum atomic E-state index is 13.9. The van der Waals surface area contributed by atoms with Gasteiger partial charge in [0.15, 0.2) is 16.7 Å². The van der Waals surface area contributed by atoms with Crippen LogP contribution < -0.4 is 9.88 Å². The van der Waals surface area contributed by atoms with E-state index in [0.29, 0.717) is 22.8 Å². The lowest BCUT2D eigenvalue weighted by Gasteiger charge is -2.17. The first-order chi connectivity index (χ1) is 15.1. The van der Waals surface area contributed by atoms with Crippen molar-refractivity contribution in [3.8, 4) is 5.75 Å². The van der Waals surface area contributed by atoms with Crippen molar-refractivity contribution in [3.63, 3.8) is 0 Å². The largest absolute Gasteiger partial charge is 0.494 e. The number of hydrogen-bond donors (Lipinski definition) is 1. The SMILES string of the molecule is CCCn1c(SCC(=O)N(C)Cc2ccc(OC)c(F)c2)nc2cc(S(N)(=O)=O)ccc21. The lowest BCUT2D eigenvalue weighted by molar-refractivity contribution is -0.127. The smallest absolute Gasteiger partial charge is 0.238 e. The number of halogens is 1. The zero-order valence-corrected chi connectivity index (χ0v) is 19.7. The molecule has 3 aromatic rings. The van der Waals surface area contributed by atoms with E-state index in [-0.39, 0.29) is 28.8 Å². The number of aryl methyl sites for hydroxylation is 1. The summed E-state index contributed by atoms with van der Waals surface area (Å²) in [5.41, 5.74) is 1.93. The van der Waals surface area contributed by atoms with E-state index in [4.69, 9.17) is 9.88 Å². The maximum Gasteiger partial charge on any atom is 0.238 e. The highest BCUT2D eigenvalue weighted by Crippen LogP contribution is 2.27. The molecule has 2 aromatic carbocycles. The van der Waals surface area contributed by atoms with Crippen molar-refractivity contribution in [2.24, 2.45) is 5.14 Å². The first-order valence-electron chi connectivity index (χ1n) is 9.86. The van der Waals surface area contributed by atoms with Crippen LogP contribution in [-0.4, -0.2) is 48.7 Å². The molecule has 0 aliphatic carbocycles. The van der Waals surface area contributed by atoms with Crippen molar-refractivity contribution in [2.45, 2.75) is 36.5 Å². The monoisotopic (exact) mass is 480 g/mol. The minimum absolute atomic E-state index is 0.00904. The number of ether oxygens (including phenoxy) is 1. The summed E-state index contributed by atoms with van der Waals surface area (Å²) < 4.78 is 44.1. The molecule has 0 saturated heterocycles. The average Bonchev–Trinajstić information content (AvgIpc) is 3.08. The molecule has 172 valence electrons. The molecule has 0 aliphatic heterocycles. The van der Waals surface area contributed by atoms with Crippen LogP contribution in [0.4, 0.5) is 4.39 Å². The van der Waals surface area contributed by atoms with Crippen LogP contribution in [0.5, 0.6) is 5.75 Å². The van der Waals surface area contributed by atoms with Crippen molar-refractivity contribution in [1.82, 2.24) is 14.5 Å². The summed E-state index contributed by atoms with van der Waals surface area (Å²) in [6.45, 7) is 2.94. The lowest BCUT2D eigenvalue weighted by Crippen LogP contribution is -2.28. The molecule has 8 nitrogen and oxygen atoms in total. The van der Waals surface area contributed by atoms with E-state index in [0.717, 1.165) is 11.9 Å². The number of amides is 1. The zero-order chi connectivity index (χ0) is 23.5. The van der Waals surface area contributed by atoms with Crippen molar-refractivity contribution in [1.29, 1.82) is 0 Å². The van der Waals surface area contributed by atoms with Gasteiger partial charge >= 0.3 is 0 Å². The molecule has 0 spiro atoms. The van der Waals surface area contributed by atoms with Gasteiger partial charge in [0.05, 0.1) is 28.8 Å². The van der Waals surface area contributed by atoms with Crippen molar-refractivity contribution >= 4 is 38.7 Å².